The maximum atomic E-state index is 5.47. The predicted molar refractivity (Wildman–Crippen MR) is 83.4 cm³/mol. The molecule has 1 aromatic carbocycles. The van der Waals surface area contributed by atoms with Gasteiger partial charge in [-0.1, -0.05) is 42.1 Å². The Morgan fingerprint density at radius 2 is 2.00 bits per heavy atom. The van der Waals surface area contributed by atoms with Crippen LogP contribution in [0.15, 0.2) is 35.3 Å². The van der Waals surface area contributed by atoms with E-state index in [1.54, 1.807) is 0 Å². The standard InChI is InChI=1S/C16H20N2OS/c1-2-4-12(5-3-1)13-10-14(13)17-15-18-16(11-20-15)6-8-19-9-7-16/h1-5,13-14H,6-11H2,(H,17,18). The Hall–Kier alpha value is -1.00. The maximum Gasteiger partial charge on any atom is 0.157 e. The Morgan fingerprint density at radius 1 is 1.20 bits per heavy atom. The molecule has 2 saturated heterocycles. The number of rotatable bonds is 2. The van der Waals surface area contributed by atoms with Gasteiger partial charge >= 0.3 is 0 Å². The second kappa shape index (κ2) is 5.08. The fourth-order valence-electron chi connectivity index (χ4n) is 3.14. The number of aliphatic imine (C=N–C) groups is 1. The Kier molecular flexibility index (Phi) is 3.23. The van der Waals surface area contributed by atoms with E-state index in [2.05, 4.69) is 35.6 Å². The zero-order valence-electron chi connectivity index (χ0n) is 11.5. The fourth-order valence-corrected chi connectivity index (χ4v) is 4.41. The second-order valence-corrected chi connectivity index (χ2v) is 7.02. The Bertz CT molecular complexity index is 510. The van der Waals surface area contributed by atoms with Crippen molar-refractivity contribution in [3.05, 3.63) is 35.9 Å². The number of hydrogen-bond acceptors (Lipinski definition) is 3. The molecule has 2 heterocycles. The number of nitrogens with zero attached hydrogens (tertiary/aromatic N) is 1. The van der Waals surface area contributed by atoms with Crippen molar-refractivity contribution in [3.63, 3.8) is 0 Å². The van der Waals surface area contributed by atoms with Gasteiger partial charge in [0, 0.05) is 24.9 Å². The van der Waals surface area contributed by atoms with Crippen LogP contribution in [0.1, 0.15) is 30.7 Å². The van der Waals surface area contributed by atoms with E-state index < -0.39 is 0 Å². The molecule has 1 N–H and O–H groups in total. The van der Waals surface area contributed by atoms with Gasteiger partial charge in [-0.2, -0.15) is 0 Å². The zero-order valence-corrected chi connectivity index (χ0v) is 12.4. The first-order valence-corrected chi connectivity index (χ1v) is 8.45. The SMILES string of the molecule is c1ccc(C2CC2N=C2NC3(CCOCC3)CS2)cc1. The molecule has 3 aliphatic rings. The van der Waals surface area contributed by atoms with Crippen molar-refractivity contribution in [2.24, 2.45) is 4.99 Å². The molecule has 2 atom stereocenters. The summed E-state index contributed by atoms with van der Waals surface area (Å²) in [6, 6.07) is 11.3. The minimum absolute atomic E-state index is 0.263. The van der Waals surface area contributed by atoms with E-state index in [-0.39, 0.29) is 5.54 Å². The van der Waals surface area contributed by atoms with Crippen molar-refractivity contribution in [1.82, 2.24) is 5.32 Å². The van der Waals surface area contributed by atoms with Gasteiger partial charge in [0.05, 0.1) is 11.6 Å². The lowest BCUT2D eigenvalue weighted by Crippen LogP contribution is -2.48. The maximum absolute atomic E-state index is 5.47. The van der Waals surface area contributed by atoms with Crippen LogP contribution >= 0.6 is 11.8 Å². The first-order valence-electron chi connectivity index (χ1n) is 7.46. The van der Waals surface area contributed by atoms with Gasteiger partial charge in [-0.3, -0.25) is 4.99 Å². The van der Waals surface area contributed by atoms with Crippen molar-refractivity contribution in [1.29, 1.82) is 0 Å². The average Bonchev–Trinajstić information content (AvgIpc) is 3.16. The molecule has 0 amide bonds. The molecule has 1 aliphatic carbocycles. The Labute approximate surface area is 124 Å². The lowest BCUT2D eigenvalue weighted by molar-refractivity contribution is 0.0555. The van der Waals surface area contributed by atoms with E-state index >= 15 is 0 Å². The highest BCUT2D eigenvalue weighted by atomic mass is 32.2. The second-order valence-electron chi connectivity index (χ2n) is 6.06. The van der Waals surface area contributed by atoms with E-state index in [0.29, 0.717) is 12.0 Å². The number of amidine groups is 1. The van der Waals surface area contributed by atoms with Crippen LogP contribution in [-0.4, -0.2) is 35.7 Å². The molecule has 106 valence electrons. The number of benzene rings is 1. The lowest BCUT2D eigenvalue weighted by atomic mass is 9.93. The molecule has 0 aromatic heterocycles. The summed E-state index contributed by atoms with van der Waals surface area (Å²) in [7, 11) is 0. The average molecular weight is 288 g/mol. The molecular weight excluding hydrogens is 268 g/mol. The van der Waals surface area contributed by atoms with Crippen LogP contribution in [0.3, 0.4) is 0 Å². The first-order chi connectivity index (χ1) is 9.85. The van der Waals surface area contributed by atoms with E-state index in [4.69, 9.17) is 9.73 Å². The number of thioether (sulfide) groups is 1. The zero-order chi connectivity index (χ0) is 13.4. The minimum Gasteiger partial charge on any atom is -0.381 e. The van der Waals surface area contributed by atoms with Gasteiger partial charge in [0.2, 0.25) is 0 Å². The van der Waals surface area contributed by atoms with Crippen molar-refractivity contribution in [2.75, 3.05) is 19.0 Å². The molecule has 20 heavy (non-hydrogen) atoms. The molecule has 1 spiro atoms. The monoisotopic (exact) mass is 288 g/mol. The van der Waals surface area contributed by atoms with Gasteiger partial charge in [0.25, 0.3) is 0 Å². The van der Waals surface area contributed by atoms with Crippen LogP contribution in [0.2, 0.25) is 0 Å². The summed E-state index contributed by atoms with van der Waals surface area (Å²) in [5.41, 5.74) is 1.70. The molecular formula is C16H20N2OS. The van der Waals surface area contributed by atoms with Crippen LogP contribution in [-0.2, 0) is 4.74 Å². The molecule has 2 aliphatic heterocycles. The smallest absolute Gasteiger partial charge is 0.157 e. The first kappa shape index (κ1) is 12.7. The number of ether oxygens (including phenoxy) is 1. The Morgan fingerprint density at radius 3 is 2.80 bits per heavy atom. The largest absolute Gasteiger partial charge is 0.381 e. The van der Waals surface area contributed by atoms with Crippen LogP contribution < -0.4 is 5.32 Å². The number of nitrogens with one attached hydrogen (secondary N) is 1. The van der Waals surface area contributed by atoms with Gasteiger partial charge in [-0.15, -0.1) is 0 Å². The molecule has 4 rings (SSSR count). The van der Waals surface area contributed by atoms with Crippen LogP contribution in [0, 0.1) is 0 Å². The van der Waals surface area contributed by atoms with Crippen molar-refractivity contribution in [3.8, 4) is 0 Å². The summed E-state index contributed by atoms with van der Waals surface area (Å²) < 4.78 is 5.47. The predicted octanol–water partition coefficient (Wildman–Crippen LogP) is 2.78. The van der Waals surface area contributed by atoms with E-state index in [0.717, 1.165) is 37.0 Å². The molecule has 3 nitrogen and oxygen atoms in total. The van der Waals surface area contributed by atoms with Crippen LogP contribution in [0.5, 0.6) is 0 Å². The molecule has 1 saturated carbocycles. The highest BCUT2D eigenvalue weighted by molar-refractivity contribution is 8.14. The van der Waals surface area contributed by atoms with Crippen molar-refractivity contribution in [2.45, 2.75) is 36.8 Å². The Balaban J connectivity index is 1.40. The molecule has 2 unspecified atom stereocenters. The third kappa shape index (κ3) is 2.47. The summed E-state index contributed by atoms with van der Waals surface area (Å²) in [6.07, 6.45) is 3.43. The summed E-state index contributed by atoms with van der Waals surface area (Å²) in [5, 5.41) is 4.84. The number of hydrogen-bond donors (Lipinski definition) is 1. The molecule has 1 aromatic rings. The molecule has 3 fully saturated rings. The topological polar surface area (TPSA) is 33.6 Å². The van der Waals surface area contributed by atoms with Crippen molar-refractivity contribution >= 4 is 16.9 Å². The quantitative estimate of drug-likeness (QED) is 0.908. The summed E-state index contributed by atoms with van der Waals surface area (Å²) in [4.78, 5) is 4.92. The van der Waals surface area contributed by atoms with Crippen molar-refractivity contribution < 1.29 is 4.74 Å². The van der Waals surface area contributed by atoms with Gasteiger partial charge in [-0.25, -0.2) is 0 Å². The van der Waals surface area contributed by atoms with Gasteiger partial charge in [0.15, 0.2) is 5.17 Å². The van der Waals surface area contributed by atoms with E-state index in [1.807, 2.05) is 11.8 Å². The lowest BCUT2D eigenvalue weighted by Gasteiger charge is -2.32. The molecule has 0 radical (unpaired) electrons. The molecule has 0 bridgehead atoms. The highest BCUT2D eigenvalue weighted by Gasteiger charge is 2.42. The summed E-state index contributed by atoms with van der Waals surface area (Å²) >= 11 is 1.90. The van der Waals surface area contributed by atoms with E-state index in [9.17, 15) is 0 Å². The molecule has 4 heteroatoms. The highest BCUT2D eigenvalue weighted by Crippen LogP contribution is 2.44. The fraction of sp³-hybridized carbons (Fsp3) is 0.562. The third-order valence-electron chi connectivity index (χ3n) is 4.57. The van der Waals surface area contributed by atoms with Gasteiger partial charge in [-0.05, 0) is 24.8 Å². The third-order valence-corrected chi connectivity index (χ3v) is 5.75. The van der Waals surface area contributed by atoms with Gasteiger partial charge in [0.1, 0.15) is 0 Å². The van der Waals surface area contributed by atoms with Gasteiger partial charge < -0.3 is 10.1 Å². The summed E-state index contributed by atoms with van der Waals surface area (Å²) in [5.74, 6) is 1.79. The summed E-state index contributed by atoms with van der Waals surface area (Å²) in [6.45, 7) is 1.77. The normalized spacial score (nSPS) is 33.3. The van der Waals surface area contributed by atoms with Crippen LogP contribution in [0.4, 0.5) is 0 Å². The van der Waals surface area contributed by atoms with Crippen LogP contribution in [0.25, 0.3) is 0 Å². The minimum atomic E-state index is 0.263. The van der Waals surface area contributed by atoms with E-state index in [1.165, 1.54) is 12.0 Å².